The summed E-state index contributed by atoms with van der Waals surface area (Å²) in [5.74, 6) is 1.30. The van der Waals surface area contributed by atoms with E-state index in [9.17, 15) is 9.59 Å². The first-order valence-corrected chi connectivity index (χ1v) is 10.7. The topological polar surface area (TPSA) is 116 Å². The smallest absolute Gasteiger partial charge is 0.290 e. The molecule has 0 radical (unpaired) electrons. The van der Waals surface area contributed by atoms with E-state index in [0.29, 0.717) is 37.2 Å². The van der Waals surface area contributed by atoms with Gasteiger partial charge in [0.2, 0.25) is 5.91 Å². The van der Waals surface area contributed by atoms with Crippen molar-refractivity contribution >= 4 is 18.3 Å². The number of aromatic nitrogens is 2. The van der Waals surface area contributed by atoms with Gasteiger partial charge in [0.15, 0.2) is 0 Å². The molecule has 10 heteroatoms. The number of likely N-dealkylation sites (N-methyl/N-ethyl adjacent to an activating group) is 1. The third-order valence-electron chi connectivity index (χ3n) is 6.56. The normalized spacial score (nSPS) is 25.7. The Morgan fingerprint density at radius 3 is 2.61 bits per heavy atom. The molecular formula is C21H31N5O5. The minimum atomic E-state index is -0.250. The van der Waals surface area contributed by atoms with Gasteiger partial charge in [0.05, 0.1) is 37.7 Å². The van der Waals surface area contributed by atoms with Crippen LogP contribution in [0.4, 0.5) is 0 Å². The monoisotopic (exact) mass is 433 g/mol. The van der Waals surface area contributed by atoms with Crippen LogP contribution in [0.3, 0.4) is 0 Å². The Balaban J connectivity index is 0.000000858. The van der Waals surface area contributed by atoms with Gasteiger partial charge < -0.3 is 19.6 Å². The van der Waals surface area contributed by atoms with E-state index in [0.717, 1.165) is 45.4 Å². The van der Waals surface area contributed by atoms with Crippen molar-refractivity contribution in [2.75, 3.05) is 53.0 Å². The average Bonchev–Trinajstić information content (AvgIpc) is 3.23. The molecule has 1 aliphatic carbocycles. The number of carboxylic acid groups (broad SMARTS) is 1. The van der Waals surface area contributed by atoms with Gasteiger partial charge in [-0.25, -0.2) is 0 Å². The molecule has 1 aromatic rings. The van der Waals surface area contributed by atoms with Crippen molar-refractivity contribution in [3.8, 4) is 0 Å². The first kappa shape index (κ1) is 23.1. The standard InChI is InChI=1S/C20H29N5O3.CH2O2/c1-23(19(26)14-24-6-8-28-9-7-24)18-10-15-3-5-25(13-17(15)11-18)20(27)16-2-4-21-22-12-16;2-1-3/h2,4,12,15,17-18H,3,5-11,13-14H2,1H3;1H,(H,2,3)/t15-,17-,18+;/m1./s1. The van der Waals surface area contributed by atoms with Gasteiger partial charge in [0, 0.05) is 39.3 Å². The van der Waals surface area contributed by atoms with Gasteiger partial charge in [-0.2, -0.15) is 10.2 Å². The maximum Gasteiger partial charge on any atom is 0.290 e. The van der Waals surface area contributed by atoms with E-state index in [4.69, 9.17) is 14.6 Å². The number of amides is 2. The SMILES string of the molecule is CN(C(=O)CN1CCOCC1)[C@H]1C[C@H]2CCN(C(=O)c3ccnnc3)C[C@H]2C1.O=CO. The molecule has 1 saturated carbocycles. The van der Waals surface area contributed by atoms with Crippen LogP contribution in [-0.4, -0.2) is 107 Å². The number of rotatable bonds is 4. The first-order valence-electron chi connectivity index (χ1n) is 10.7. The molecule has 2 saturated heterocycles. The molecule has 3 atom stereocenters. The molecule has 3 heterocycles. The van der Waals surface area contributed by atoms with Crippen molar-refractivity contribution in [1.29, 1.82) is 0 Å². The van der Waals surface area contributed by atoms with E-state index in [2.05, 4.69) is 15.1 Å². The largest absolute Gasteiger partial charge is 0.483 e. The fourth-order valence-corrected chi connectivity index (χ4v) is 4.82. The van der Waals surface area contributed by atoms with Crippen molar-refractivity contribution in [1.82, 2.24) is 24.9 Å². The zero-order valence-corrected chi connectivity index (χ0v) is 17.9. The molecule has 1 aromatic heterocycles. The summed E-state index contributed by atoms with van der Waals surface area (Å²) in [6.07, 6.45) is 6.13. The summed E-state index contributed by atoms with van der Waals surface area (Å²) >= 11 is 0. The lowest BCUT2D eigenvalue weighted by Crippen LogP contribution is -2.46. The molecule has 3 fully saturated rings. The Morgan fingerprint density at radius 2 is 1.94 bits per heavy atom. The van der Waals surface area contributed by atoms with Gasteiger partial charge in [-0.1, -0.05) is 0 Å². The van der Waals surface area contributed by atoms with Crippen molar-refractivity contribution in [3.05, 3.63) is 24.0 Å². The number of hydrogen-bond donors (Lipinski definition) is 1. The van der Waals surface area contributed by atoms with Gasteiger partial charge in [-0.3, -0.25) is 19.3 Å². The molecule has 1 N–H and O–H groups in total. The van der Waals surface area contributed by atoms with Crippen LogP contribution in [0.1, 0.15) is 29.6 Å². The van der Waals surface area contributed by atoms with E-state index in [1.165, 1.54) is 6.20 Å². The number of fused-ring (bicyclic) bond motifs is 1. The number of carbonyl (C=O) groups excluding carboxylic acids is 2. The van der Waals surface area contributed by atoms with Gasteiger partial charge in [0.1, 0.15) is 0 Å². The van der Waals surface area contributed by atoms with E-state index >= 15 is 0 Å². The molecule has 0 bridgehead atoms. The van der Waals surface area contributed by atoms with Crippen LogP contribution in [0.15, 0.2) is 18.5 Å². The molecule has 31 heavy (non-hydrogen) atoms. The Kier molecular flexibility index (Phi) is 8.30. The number of morpholine rings is 1. The number of hydrogen-bond acceptors (Lipinski definition) is 7. The van der Waals surface area contributed by atoms with Crippen LogP contribution in [-0.2, 0) is 14.3 Å². The number of piperidine rings is 1. The highest BCUT2D eigenvalue weighted by Crippen LogP contribution is 2.40. The van der Waals surface area contributed by atoms with Crippen molar-refractivity contribution < 1.29 is 24.2 Å². The molecule has 3 aliphatic rings. The highest BCUT2D eigenvalue weighted by atomic mass is 16.5. The summed E-state index contributed by atoms with van der Waals surface area (Å²) in [6.45, 7) is 4.86. The predicted molar refractivity (Wildman–Crippen MR) is 111 cm³/mol. The fraction of sp³-hybridized carbons (Fsp3) is 0.667. The summed E-state index contributed by atoms with van der Waals surface area (Å²) in [5.41, 5.74) is 0.598. The van der Waals surface area contributed by atoms with E-state index in [-0.39, 0.29) is 24.3 Å². The molecule has 2 amide bonds. The van der Waals surface area contributed by atoms with Crippen LogP contribution in [0.2, 0.25) is 0 Å². The summed E-state index contributed by atoms with van der Waals surface area (Å²) in [7, 11) is 1.94. The van der Waals surface area contributed by atoms with Gasteiger partial charge in [0.25, 0.3) is 12.4 Å². The second kappa shape index (κ2) is 11.1. The average molecular weight is 434 g/mol. The predicted octanol–water partition coefficient (Wildman–Crippen LogP) is 0.209. The lowest BCUT2D eigenvalue weighted by molar-refractivity contribution is -0.134. The maximum absolute atomic E-state index is 12.7. The van der Waals surface area contributed by atoms with Crippen molar-refractivity contribution in [3.63, 3.8) is 0 Å². The quantitative estimate of drug-likeness (QED) is 0.670. The van der Waals surface area contributed by atoms with E-state index in [1.807, 2.05) is 16.8 Å². The lowest BCUT2D eigenvalue weighted by Gasteiger charge is -2.34. The highest BCUT2D eigenvalue weighted by molar-refractivity contribution is 5.93. The maximum atomic E-state index is 12.7. The number of likely N-dealkylation sites (tertiary alicyclic amines) is 1. The Labute approximate surface area is 182 Å². The van der Waals surface area contributed by atoms with Crippen LogP contribution < -0.4 is 0 Å². The molecule has 2 aliphatic heterocycles. The van der Waals surface area contributed by atoms with Crippen LogP contribution >= 0.6 is 0 Å². The summed E-state index contributed by atoms with van der Waals surface area (Å²) < 4.78 is 5.36. The van der Waals surface area contributed by atoms with E-state index < -0.39 is 0 Å². The molecule has 170 valence electrons. The van der Waals surface area contributed by atoms with Crippen molar-refractivity contribution in [2.45, 2.75) is 25.3 Å². The van der Waals surface area contributed by atoms with Gasteiger partial charge >= 0.3 is 0 Å². The van der Waals surface area contributed by atoms with Crippen LogP contribution in [0.25, 0.3) is 0 Å². The highest BCUT2D eigenvalue weighted by Gasteiger charge is 2.41. The summed E-state index contributed by atoms with van der Waals surface area (Å²) in [4.78, 5) is 39.9. The molecule has 4 rings (SSSR count). The Morgan fingerprint density at radius 1 is 1.23 bits per heavy atom. The third-order valence-corrected chi connectivity index (χ3v) is 6.56. The van der Waals surface area contributed by atoms with Crippen molar-refractivity contribution in [2.24, 2.45) is 11.8 Å². The fourth-order valence-electron chi connectivity index (χ4n) is 4.82. The minimum absolute atomic E-state index is 0.0357. The second-order valence-electron chi connectivity index (χ2n) is 8.31. The van der Waals surface area contributed by atoms with Crippen LogP contribution in [0.5, 0.6) is 0 Å². The molecule has 0 spiro atoms. The minimum Gasteiger partial charge on any atom is -0.483 e. The third kappa shape index (κ3) is 5.98. The zero-order valence-electron chi connectivity index (χ0n) is 17.9. The van der Waals surface area contributed by atoms with Crippen LogP contribution in [0, 0.1) is 11.8 Å². The van der Waals surface area contributed by atoms with E-state index in [1.54, 1.807) is 12.3 Å². The molecule has 10 nitrogen and oxygen atoms in total. The zero-order chi connectivity index (χ0) is 22.2. The number of carbonyl (C=O) groups is 3. The lowest BCUT2D eigenvalue weighted by atomic mass is 9.88. The van der Waals surface area contributed by atoms with Gasteiger partial charge in [-0.05, 0) is 37.2 Å². The molecule has 0 unspecified atom stereocenters. The molecular weight excluding hydrogens is 402 g/mol. The second-order valence-corrected chi connectivity index (χ2v) is 8.31. The molecule has 0 aromatic carbocycles. The Bertz CT molecular complexity index is 743. The number of ether oxygens (including phenoxy) is 1. The summed E-state index contributed by atoms with van der Waals surface area (Å²) in [5, 5.41) is 14.5. The first-order chi connectivity index (χ1) is 15.0. The summed E-state index contributed by atoms with van der Waals surface area (Å²) in [6, 6.07) is 2.00. The van der Waals surface area contributed by atoms with Gasteiger partial charge in [-0.15, -0.1) is 0 Å². The number of nitrogens with zero attached hydrogens (tertiary/aromatic N) is 5. The Hall–Kier alpha value is -2.59.